The van der Waals surface area contributed by atoms with Crippen molar-refractivity contribution in [1.29, 1.82) is 0 Å². The lowest BCUT2D eigenvalue weighted by Crippen LogP contribution is -2.39. The minimum Gasteiger partial charge on any atom is -0.360 e. The van der Waals surface area contributed by atoms with Gasteiger partial charge in [-0.25, -0.2) is 13.2 Å². The summed E-state index contributed by atoms with van der Waals surface area (Å²) in [5, 5.41) is 6.51. The van der Waals surface area contributed by atoms with E-state index in [1.807, 2.05) is 0 Å². The van der Waals surface area contributed by atoms with Gasteiger partial charge < -0.3 is 14.7 Å². The molecule has 2 heterocycles. The van der Waals surface area contributed by atoms with Crippen LogP contribution < -0.4 is 5.32 Å². The zero-order valence-electron chi connectivity index (χ0n) is 16.6. The van der Waals surface area contributed by atoms with Crippen LogP contribution in [-0.4, -0.2) is 60.8 Å². The summed E-state index contributed by atoms with van der Waals surface area (Å²) in [5.41, 5.74) is 1.36. The zero-order chi connectivity index (χ0) is 21.2. The number of rotatable bonds is 4. The number of anilines is 1. The summed E-state index contributed by atoms with van der Waals surface area (Å²) in [7, 11) is -3.75. The van der Waals surface area contributed by atoms with Gasteiger partial charge in [0, 0.05) is 37.4 Å². The van der Waals surface area contributed by atoms with E-state index >= 15 is 0 Å². The number of carbonyl (C=O) groups is 2. The molecule has 1 aliphatic rings. The van der Waals surface area contributed by atoms with Gasteiger partial charge in [0.25, 0.3) is 0 Å². The number of hydrogen-bond acceptors (Lipinski definition) is 6. The number of carbonyl (C=O) groups excluding carboxylic acids is 2. The topological polar surface area (TPSA) is 113 Å². The maximum absolute atomic E-state index is 13.0. The van der Waals surface area contributed by atoms with Crippen molar-refractivity contribution in [1.82, 2.24) is 14.4 Å². The molecule has 1 saturated heterocycles. The lowest BCUT2D eigenvalue weighted by Gasteiger charge is -2.22. The molecule has 0 atom stereocenters. The van der Waals surface area contributed by atoms with E-state index in [9.17, 15) is 18.0 Å². The number of nitrogens with zero attached hydrogens (tertiary/aromatic N) is 3. The second-order valence-corrected chi connectivity index (χ2v) is 8.84. The Hall–Kier alpha value is -2.72. The van der Waals surface area contributed by atoms with E-state index in [-0.39, 0.29) is 35.6 Å². The summed E-state index contributed by atoms with van der Waals surface area (Å²) in [4.78, 5) is 25.8. The third-order valence-electron chi connectivity index (χ3n) is 4.83. The van der Waals surface area contributed by atoms with Gasteiger partial charge in [-0.3, -0.25) is 4.79 Å². The van der Waals surface area contributed by atoms with Crippen molar-refractivity contribution >= 4 is 27.5 Å². The number of aromatic nitrogens is 1. The molecule has 0 unspecified atom stereocenters. The fourth-order valence-corrected chi connectivity index (χ4v) is 5.09. The predicted octanol–water partition coefficient (Wildman–Crippen LogP) is 2.42. The maximum atomic E-state index is 13.0. The van der Waals surface area contributed by atoms with Crippen LogP contribution in [0.25, 0.3) is 0 Å². The molecule has 0 aliphatic carbocycles. The van der Waals surface area contributed by atoms with Crippen molar-refractivity contribution in [2.24, 2.45) is 0 Å². The van der Waals surface area contributed by atoms with E-state index in [1.54, 1.807) is 43.0 Å². The summed E-state index contributed by atoms with van der Waals surface area (Å²) in [6, 6.07) is 6.37. The van der Waals surface area contributed by atoms with Gasteiger partial charge in [-0.1, -0.05) is 17.3 Å². The van der Waals surface area contributed by atoms with Crippen LogP contribution in [-0.2, 0) is 10.0 Å². The second kappa shape index (κ2) is 8.34. The lowest BCUT2D eigenvalue weighted by atomic mass is 10.1. The molecular weight excluding hydrogens is 396 g/mol. The fourth-order valence-electron chi connectivity index (χ4n) is 3.33. The van der Waals surface area contributed by atoms with Crippen LogP contribution in [0.1, 0.15) is 35.2 Å². The molecule has 0 saturated carbocycles. The molecule has 10 heteroatoms. The molecule has 2 aromatic rings. The number of hydrogen-bond donors (Lipinski definition) is 1. The number of amides is 2. The number of benzene rings is 1. The molecule has 156 valence electrons. The first-order valence-electron chi connectivity index (χ1n) is 9.30. The van der Waals surface area contributed by atoms with Gasteiger partial charge >= 0.3 is 6.03 Å². The van der Waals surface area contributed by atoms with Crippen molar-refractivity contribution in [2.45, 2.75) is 32.1 Å². The molecule has 29 heavy (non-hydrogen) atoms. The Bertz CT molecular complexity index is 1010. The molecule has 3 rings (SSSR count). The Balaban J connectivity index is 1.69. The van der Waals surface area contributed by atoms with Crippen molar-refractivity contribution < 1.29 is 22.5 Å². The van der Waals surface area contributed by atoms with Gasteiger partial charge in [-0.15, -0.1) is 0 Å². The number of ketones is 1. The summed E-state index contributed by atoms with van der Waals surface area (Å²) >= 11 is 0. The Morgan fingerprint density at radius 3 is 2.55 bits per heavy atom. The Kier molecular flexibility index (Phi) is 6.04. The Labute approximate surface area is 169 Å². The highest BCUT2D eigenvalue weighted by atomic mass is 32.2. The molecule has 1 aromatic heterocycles. The van der Waals surface area contributed by atoms with Crippen LogP contribution in [0.4, 0.5) is 10.5 Å². The van der Waals surface area contributed by atoms with Crippen molar-refractivity contribution in [3.05, 3.63) is 41.3 Å². The smallest absolute Gasteiger partial charge is 0.321 e. The van der Waals surface area contributed by atoms with Gasteiger partial charge in [0.15, 0.2) is 11.5 Å². The van der Waals surface area contributed by atoms with Gasteiger partial charge in [-0.2, -0.15) is 4.31 Å². The molecule has 1 aromatic carbocycles. The van der Waals surface area contributed by atoms with E-state index in [0.717, 1.165) is 0 Å². The molecule has 9 nitrogen and oxygen atoms in total. The SMILES string of the molecule is CC(=O)c1cccc(NC(=O)N2CCCN(S(=O)(=O)c3c(C)noc3C)CC2)c1. The Morgan fingerprint density at radius 1 is 1.14 bits per heavy atom. The van der Waals surface area contributed by atoms with Crippen LogP contribution in [0.5, 0.6) is 0 Å². The summed E-state index contributed by atoms with van der Waals surface area (Å²) < 4.78 is 32.3. The third-order valence-corrected chi connectivity index (χ3v) is 6.97. The average Bonchev–Trinajstić information content (AvgIpc) is 2.86. The van der Waals surface area contributed by atoms with Crippen LogP contribution in [0.2, 0.25) is 0 Å². The monoisotopic (exact) mass is 420 g/mol. The first kappa shape index (κ1) is 21.0. The molecule has 0 bridgehead atoms. The first-order valence-corrected chi connectivity index (χ1v) is 10.7. The van der Waals surface area contributed by atoms with Crippen molar-refractivity contribution in [3.63, 3.8) is 0 Å². The van der Waals surface area contributed by atoms with Crippen molar-refractivity contribution in [3.8, 4) is 0 Å². The second-order valence-electron chi connectivity index (χ2n) is 6.97. The predicted molar refractivity (Wildman–Crippen MR) is 106 cm³/mol. The van der Waals surface area contributed by atoms with Crippen LogP contribution in [0.15, 0.2) is 33.7 Å². The van der Waals surface area contributed by atoms with Gasteiger partial charge in [0.05, 0.1) is 0 Å². The molecule has 1 N–H and O–H groups in total. The van der Waals surface area contributed by atoms with Gasteiger partial charge in [0.1, 0.15) is 10.6 Å². The highest BCUT2D eigenvalue weighted by Gasteiger charge is 2.32. The number of Topliss-reactive ketones (excluding diaryl/α,β-unsaturated/α-hetero) is 1. The zero-order valence-corrected chi connectivity index (χ0v) is 17.5. The summed E-state index contributed by atoms with van der Waals surface area (Å²) in [6.07, 6.45) is 0.503. The van der Waals surface area contributed by atoms with Crippen molar-refractivity contribution in [2.75, 3.05) is 31.5 Å². The van der Waals surface area contributed by atoms with E-state index in [0.29, 0.717) is 36.5 Å². The van der Waals surface area contributed by atoms with Gasteiger partial charge in [-0.05, 0) is 39.3 Å². The van der Waals surface area contributed by atoms with E-state index in [1.165, 1.54) is 11.2 Å². The molecule has 1 aliphatic heterocycles. The molecule has 0 spiro atoms. The number of sulfonamides is 1. The van der Waals surface area contributed by atoms with E-state index < -0.39 is 10.0 Å². The maximum Gasteiger partial charge on any atom is 0.321 e. The lowest BCUT2D eigenvalue weighted by molar-refractivity contribution is 0.101. The summed E-state index contributed by atoms with van der Waals surface area (Å²) in [5.74, 6) is 0.169. The summed E-state index contributed by atoms with van der Waals surface area (Å²) in [6.45, 7) is 5.77. The number of nitrogens with one attached hydrogen (secondary N) is 1. The molecule has 0 radical (unpaired) electrons. The molecule has 2 amide bonds. The standard InChI is InChI=1S/C19H24N4O5S/c1-13-18(15(3)28-21-13)29(26,27)23-9-5-8-22(10-11-23)19(25)20-17-7-4-6-16(12-17)14(2)24/h4,6-7,12H,5,8-11H2,1-3H3,(H,20,25). The van der Waals surface area contributed by atoms with Gasteiger partial charge in [0.2, 0.25) is 10.0 Å². The first-order chi connectivity index (χ1) is 13.7. The van der Waals surface area contributed by atoms with Crippen LogP contribution in [0, 0.1) is 13.8 Å². The third kappa shape index (κ3) is 4.48. The van der Waals surface area contributed by atoms with E-state index in [2.05, 4.69) is 10.5 Å². The average molecular weight is 420 g/mol. The number of urea groups is 1. The molecular formula is C19H24N4O5S. The quantitative estimate of drug-likeness (QED) is 0.760. The molecule has 1 fully saturated rings. The van der Waals surface area contributed by atoms with Crippen LogP contribution >= 0.6 is 0 Å². The van der Waals surface area contributed by atoms with Crippen LogP contribution in [0.3, 0.4) is 0 Å². The normalized spacial score (nSPS) is 15.8. The highest BCUT2D eigenvalue weighted by molar-refractivity contribution is 7.89. The fraction of sp³-hybridized carbons (Fsp3) is 0.421. The minimum absolute atomic E-state index is 0.0870. The Morgan fingerprint density at radius 2 is 1.90 bits per heavy atom. The largest absolute Gasteiger partial charge is 0.360 e. The highest BCUT2D eigenvalue weighted by Crippen LogP contribution is 2.24. The minimum atomic E-state index is -3.75. The number of aryl methyl sites for hydroxylation is 2. The van der Waals surface area contributed by atoms with E-state index in [4.69, 9.17) is 4.52 Å².